The third kappa shape index (κ3) is 2.71. The number of nitrogens with zero attached hydrogens (tertiary/aromatic N) is 2. The number of rotatable bonds is 4. The quantitative estimate of drug-likeness (QED) is 0.869. The number of imidazole rings is 1. The molecule has 0 saturated carbocycles. The number of ether oxygens (including phenoxy) is 2. The summed E-state index contributed by atoms with van der Waals surface area (Å²) in [7, 11) is 0. The lowest BCUT2D eigenvalue weighted by atomic mass is 10.1. The number of hydrogen-bond donors (Lipinski definition) is 1. The van der Waals surface area contributed by atoms with Crippen molar-refractivity contribution in [1.29, 1.82) is 0 Å². The lowest BCUT2D eigenvalue weighted by Crippen LogP contribution is -2.12. The number of aromatic nitrogens is 2. The lowest BCUT2D eigenvalue weighted by Gasteiger charge is -2.11. The molecule has 21 heavy (non-hydrogen) atoms. The van der Waals surface area contributed by atoms with Gasteiger partial charge in [-0.25, -0.2) is 9.78 Å². The Balaban J connectivity index is 1.91. The van der Waals surface area contributed by atoms with Gasteiger partial charge in [0.1, 0.15) is 0 Å². The van der Waals surface area contributed by atoms with Crippen LogP contribution in [0.15, 0.2) is 18.2 Å². The van der Waals surface area contributed by atoms with Crippen LogP contribution in [-0.2, 0) is 16.0 Å². The lowest BCUT2D eigenvalue weighted by molar-refractivity contribution is 0.0526. The zero-order valence-corrected chi connectivity index (χ0v) is 12.0. The van der Waals surface area contributed by atoms with Crippen molar-refractivity contribution in [2.24, 2.45) is 5.92 Å². The van der Waals surface area contributed by atoms with Crippen molar-refractivity contribution in [3.8, 4) is 0 Å². The molecular formula is C15H19N3O3. The molecule has 6 nitrogen and oxygen atoms in total. The van der Waals surface area contributed by atoms with Crippen molar-refractivity contribution in [3.63, 3.8) is 0 Å². The van der Waals surface area contributed by atoms with E-state index in [1.54, 1.807) is 19.1 Å². The molecule has 1 aromatic carbocycles. The summed E-state index contributed by atoms with van der Waals surface area (Å²) in [5, 5.41) is 0. The van der Waals surface area contributed by atoms with Gasteiger partial charge in [0.2, 0.25) is 5.95 Å². The van der Waals surface area contributed by atoms with Crippen LogP contribution in [0, 0.1) is 5.92 Å². The third-order valence-electron chi connectivity index (χ3n) is 3.75. The highest BCUT2D eigenvalue weighted by atomic mass is 16.5. The minimum absolute atomic E-state index is 0.336. The molecular weight excluding hydrogens is 270 g/mol. The highest BCUT2D eigenvalue weighted by Gasteiger charge is 2.19. The maximum absolute atomic E-state index is 11.8. The average molecular weight is 289 g/mol. The first-order chi connectivity index (χ1) is 10.2. The number of nitrogens with two attached hydrogens (primary N) is 1. The smallest absolute Gasteiger partial charge is 0.338 e. The first kappa shape index (κ1) is 13.9. The van der Waals surface area contributed by atoms with E-state index in [2.05, 4.69) is 4.98 Å². The normalized spacial score (nSPS) is 18.2. The number of anilines is 1. The predicted molar refractivity (Wildman–Crippen MR) is 79.0 cm³/mol. The molecule has 1 aliphatic rings. The molecule has 1 fully saturated rings. The van der Waals surface area contributed by atoms with Crippen LogP contribution in [0.5, 0.6) is 0 Å². The first-order valence-corrected chi connectivity index (χ1v) is 7.19. The van der Waals surface area contributed by atoms with Crippen LogP contribution in [0.4, 0.5) is 5.95 Å². The van der Waals surface area contributed by atoms with E-state index >= 15 is 0 Å². The van der Waals surface area contributed by atoms with Gasteiger partial charge in [0, 0.05) is 19.1 Å². The monoisotopic (exact) mass is 289 g/mol. The molecule has 3 rings (SSSR count). The molecule has 0 spiro atoms. The van der Waals surface area contributed by atoms with Gasteiger partial charge in [-0.15, -0.1) is 0 Å². The van der Waals surface area contributed by atoms with Crippen molar-refractivity contribution >= 4 is 23.0 Å². The number of carbonyl (C=O) groups excluding carboxylic acids is 1. The van der Waals surface area contributed by atoms with Gasteiger partial charge in [-0.05, 0) is 31.5 Å². The van der Waals surface area contributed by atoms with Crippen LogP contribution in [0.3, 0.4) is 0 Å². The summed E-state index contributed by atoms with van der Waals surface area (Å²) >= 11 is 0. The Kier molecular flexibility index (Phi) is 3.79. The van der Waals surface area contributed by atoms with E-state index in [0.29, 0.717) is 24.0 Å². The summed E-state index contributed by atoms with van der Waals surface area (Å²) in [4.78, 5) is 16.1. The second kappa shape index (κ2) is 5.73. The van der Waals surface area contributed by atoms with Crippen LogP contribution in [0.25, 0.3) is 11.0 Å². The molecule has 1 aliphatic heterocycles. The minimum atomic E-state index is -0.336. The maximum Gasteiger partial charge on any atom is 0.338 e. The van der Waals surface area contributed by atoms with Gasteiger partial charge < -0.3 is 19.8 Å². The largest absolute Gasteiger partial charge is 0.462 e. The fraction of sp³-hybridized carbons (Fsp3) is 0.467. The summed E-state index contributed by atoms with van der Waals surface area (Å²) in [6.07, 6.45) is 1.04. The molecule has 2 heterocycles. The minimum Gasteiger partial charge on any atom is -0.462 e. The summed E-state index contributed by atoms with van der Waals surface area (Å²) in [6, 6.07) is 5.36. The zero-order valence-electron chi connectivity index (χ0n) is 12.0. The summed E-state index contributed by atoms with van der Waals surface area (Å²) in [6.45, 7) is 4.51. The van der Waals surface area contributed by atoms with Gasteiger partial charge in [0.25, 0.3) is 0 Å². The Morgan fingerprint density at radius 3 is 3.14 bits per heavy atom. The van der Waals surface area contributed by atoms with Crippen molar-refractivity contribution < 1.29 is 14.3 Å². The number of benzene rings is 1. The van der Waals surface area contributed by atoms with Crippen LogP contribution in [0.1, 0.15) is 23.7 Å². The summed E-state index contributed by atoms with van der Waals surface area (Å²) in [5.41, 5.74) is 8.17. The van der Waals surface area contributed by atoms with Gasteiger partial charge in [-0.2, -0.15) is 0 Å². The highest BCUT2D eigenvalue weighted by Crippen LogP contribution is 2.23. The van der Waals surface area contributed by atoms with E-state index in [1.807, 2.05) is 10.6 Å². The SMILES string of the molecule is CCOC(=O)c1ccc2c(c1)nc(N)n2CC1CCOC1. The van der Waals surface area contributed by atoms with Crippen LogP contribution < -0.4 is 5.73 Å². The molecule has 0 radical (unpaired) electrons. The molecule has 1 aromatic heterocycles. The van der Waals surface area contributed by atoms with E-state index < -0.39 is 0 Å². The van der Waals surface area contributed by atoms with Gasteiger partial charge in [0.15, 0.2) is 0 Å². The molecule has 1 saturated heterocycles. The number of fused-ring (bicyclic) bond motifs is 1. The van der Waals surface area contributed by atoms with E-state index in [4.69, 9.17) is 15.2 Å². The molecule has 0 bridgehead atoms. The highest BCUT2D eigenvalue weighted by molar-refractivity contribution is 5.94. The van der Waals surface area contributed by atoms with E-state index in [0.717, 1.165) is 37.2 Å². The zero-order chi connectivity index (χ0) is 14.8. The molecule has 1 unspecified atom stereocenters. The fourth-order valence-electron chi connectivity index (χ4n) is 2.67. The molecule has 0 aliphatic carbocycles. The Morgan fingerprint density at radius 2 is 2.43 bits per heavy atom. The van der Waals surface area contributed by atoms with Crippen molar-refractivity contribution in [1.82, 2.24) is 9.55 Å². The Bertz CT molecular complexity index is 659. The van der Waals surface area contributed by atoms with Crippen LogP contribution in [0.2, 0.25) is 0 Å². The van der Waals surface area contributed by atoms with Gasteiger partial charge in [-0.1, -0.05) is 0 Å². The average Bonchev–Trinajstić information content (AvgIpc) is 3.08. The Labute approximate surface area is 122 Å². The first-order valence-electron chi connectivity index (χ1n) is 7.19. The topological polar surface area (TPSA) is 79.4 Å². The molecule has 2 aromatic rings. The van der Waals surface area contributed by atoms with Crippen LogP contribution >= 0.6 is 0 Å². The van der Waals surface area contributed by atoms with Crippen molar-refractivity contribution in [2.75, 3.05) is 25.6 Å². The van der Waals surface area contributed by atoms with E-state index in [1.165, 1.54) is 0 Å². The van der Waals surface area contributed by atoms with Gasteiger partial charge >= 0.3 is 5.97 Å². The Hall–Kier alpha value is -2.08. The number of esters is 1. The Morgan fingerprint density at radius 1 is 1.57 bits per heavy atom. The standard InChI is InChI=1S/C15H19N3O3/c1-2-21-14(19)11-3-4-13-12(7-11)17-15(16)18(13)8-10-5-6-20-9-10/h3-4,7,10H,2,5-6,8-9H2,1H3,(H2,16,17). The van der Waals surface area contributed by atoms with Crippen LogP contribution in [-0.4, -0.2) is 35.3 Å². The fourth-order valence-corrected chi connectivity index (χ4v) is 2.67. The van der Waals surface area contributed by atoms with Gasteiger partial charge in [0.05, 0.1) is 29.8 Å². The molecule has 1 atom stereocenters. The van der Waals surface area contributed by atoms with E-state index in [-0.39, 0.29) is 5.97 Å². The third-order valence-corrected chi connectivity index (χ3v) is 3.75. The molecule has 0 amide bonds. The van der Waals surface area contributed by atoms with Crippen molar-refractivity contribution in [3.05, 3.63) is 23.8 Å². The summed E-state index contributed by atoms with van der Waals surface area (Å²) in [5.74, 6) is 0.601. The number of hydrogen-bond acceptors (Lipinski definition) is 5. The molecule has 112 valence electrons. The summed E-state index contributed by atoms with van der Waals surface area (Å²) < 4.78 is 12.4. The number of carbonyl (C=O) groups is 1. The maximum atomic E-state index is 11.8. The predicted octanol–water partition coefficient (Wildman–Crippen LogP) is 1.83. The second-order valence-electron chi connectivity index (χ2n) is 5.23. The second-order valence-corrected chi connectivity index (χ2v) is 5.23. The molecule has 6 heteroatoms. The molecule has 2 N–H and O–H groups in total. The number of nitrogen functional groups attached to an aromatic ring is 1. The van der Waals surface area contributed by atoms with Gasteiger partial charge in [-0.3, -0.25) is 0 Å². The van der Waals surface area contributed by atoms with Crippen molar-refractivity contribution in [2.45, 2.75) is 19.9 Å². The van der Waals surface area contributed by atoms with E-state index in [9.17, 15) is 4.79 Å².